The number of thiophene rings is 2. The molecule has 0 fully saturated rings. The van der Waals surface area contributed by atoms with Gasteiger partial charge in [0.05, 0.1) is 33.9 Å². The summed E-state index contributed by atoms with van der Waals surface area (Å²) in [7, 11) is 3.73. The molecule has 3 aromatic rings. The number of rotatable bonds is 9. The first-order chi connectivity index (χ1) is 17.0. The van der Waals surface area contributed by atoms with Gasteiger partial charge in [-0.2, -0.15) is 0 Å². The van der Waals surface area contributed by atoms with E-state index in [4.69, 9.17) is 4.74 Å². The number of aromatic nitrogens is 2. The zero-order valence-electron chi connectivity index (χ0n) is 21.5. The van der Waals surface area contributed by atoms with Crippen molar-refractivity contribution in [2.24, 2.45) is 0 Å². The minimum atomic E-state index is -0.611. The van der Waals surface area contributed by atoms with E-state index in [9.17, 15) is 19.2 Å². The molecular formula is C24H31N5O5S2. The monoisotopic (exact) mass is 533 g/mol. The lowest BCUT2D eigenvalue weighted by molar-refractivity contribution is 0.0527. The van der Waals surface area contributed by atoms with E-state index in [0.717, 1.165) is 22.7 Å². The van der Waals surface area contributed by atoms with E-state index < -0.39 is 11.9 Å². The van der Waals surface area contributed by atoms with E-state index >= 15 is 0 Å². The van der Waals surface area contributed by atoms with Crippen molar-refractivity contribution in [1.29, 1.82) is 0 Å². The Bertz CT molecular complexity index is 1370. The molecule has 0 unspecified atom stereocenters. The second-order valence-electron chi connectivity index (χ2n) is 8.40. The number of H-pyrrole nitrogens is 1. The molecule has 36 heavy (non-hydrogen) atoms. The smallest absolute Gasteiger partial charge is 0.341 e. The number of ether oxygens (including phenoxy) is 1. The summed E-state index contributed by atoms with van der Waals surface area (Å²) in [4.78, 5) is 63.9. The third-order valence-electron chi connectivity index (χ3n) is 5.62. The number of carbonyl (C=O) groups excluding carboxylic acids is 3. The van der Waals surface area contributed by atoms with Crippen molar-refractivity contribution in [3.63, 3.8) is 0 Å². The van der Waals surface area contributed by atoms with Gasteiger partial charge in [-0.15, -0.1) is 22.7 Å². The Kier molecular flexibility index (Phi) is 8.64. The molecule has 10 nitrogen and oxygen atoms in total. The second-order valence-corrected chi connectivity index (χ2v) is 10.4. The highest BCUT2D eigenvalue weighted by molar-refractivity contribution is 7.21. The van der Waals surface area contributed by atoms with E-state index in [1.54, 1.807) is 25.7 Å². The fourth-order valence-electron chi connectivity index (χ4n) is 3.85. The highest BCUT2D eigenvalue weighted by Gasteiger charge is 2.29. The van der Waals surface area contributed by atoms with Gasteiger partial charge in [0.1, 0.15) is 15.7 Å². The van der Waals surface area contributed by atoms with Gasteiger partial charge in [-0.05, 0) is 59.8 Å². The third-order valence-corrected chi connectivity index (χ3v) is 8.00. The molecule has 0 aliphatic rings. The Labute approximate surface area is 217 Å². The van der Waals surface area contributed by atoms with Crippen LogP contribution in [0, 0.1) is 13.8 Å². The first kappa shape index (κ1) is 27.5. The van der Waals surface area contributed by atoms with Crippen LogP contribution in [-0.4, -0.2) is 71.3 Å². The van der Waals surface area contributed by atoms with Crippen molar-refractivity contribution in [2.45, 2.75) is 41.2 Å². The van der Waals surface area contributed by atoms with Crippen molar-refractivity contribution >= 4 is 55.7 Å². The molecule has 0 atom stereocenters. The van der Waals surface area contributed by atoms with Crippen molar-refractivity contribution in [1.82, 2.24) is 19.8 Å². The number of anilines is 1. The molecule has 194 valence electrons. The molecule has 0 aliphatic heterocycles. The van der Waals surface area contributed by atoms with Crippen LogP contribution in [0.15, 0.2) is 4.79 Å². The molecule has 0 aromatic carbocycles. The highest BCUT2D eigenvalue weighted by Crippen LogP contribution is 2.36. The fraction of sp³-hybridized carbons (Fsp3) is 0.458. The van der Waals surface area contributed by atoms with Crippen LogP contribution in [0.25, 0.3) is 10.2 Å². The Morgan fingerprint density at radius 3 is 2.28 bits per heavy atom. The second kappa shape index (κ2) is 11.3. The molecule has 0 spiro atoms. The lowest BCUT2D eigenvalue weighted by Gasteiger charge is -2.18. The van der Waals surface area contributed by atoms with Crippen molar-refractivity contribution in [3.05, 3.63) is 42.6 Å². The molecule has 12 heteroatoms. The number of nitrogens with zero attached hydrogens (tertiary/aromatic N) is 3. The molecule has 2 N–H and O–H groups in total. The van der Waals surface area contributed by atoms with Gasteiger partial charge < -0.3 is 24.8 Å². The zero-order valence-corrected chi connectivity index (χ0v) is 23.2. The average Bonchev–Trinajstić information content (AvgIpc) is 3.30. The molecule has 0 saturated carbocycles. The normalized spacial score (nSPS) is 11.2. The first-order valence-electron chi connectivity index (χ1n) is 11.6. The van der Waals surface area contributed by atoms with Crippen LogP contribution in [0.1, 0.15) is 67.4 Å². The number of carbonyl (C=O) groups is 3. The van der Waals surface area contributed by atoms with Gasteiger partial charge in [-0.1, -0.05) is 0 Å². The van der Waals surface area contributed by atoms with Gasteiger partial charge >= 0.3 is 5.97 Å². The van der Waals surface area contributed by atoms with E-state index in [1.165, 1.54) is 0 Å². The summed E-state index contributed by atoms with van der Waals surface area (Å²) in [6.45, 7) is 10.4. The van der Waals surface area contributed by atoms with Crippen LogP contribution < -0.4 is 10.9 Å². The maximum atomic E-state index is 13.4. The molecule has 0 radical (unpaired) electrons. The van der Waals surface area contributed by atoms with Crippen LogP contribution >= 0.6 is 22.7 Å². The minimum Gasteiger partial charge on any atom is -0.462 e. The lowest BCUT2D eigenvalue weighted by Crippen LogP contribution is -2.30. The van der Waals surface area contributed by atoms with Crippen LogP contribution in [0.2, 0.25) is 0 Å². The topological polar surface area (TPSA) is 125 Å². The predicted octanol–water partition coefficient (Wildman–Crippen LogP) is 3.64. The molecular weight excluding hydrogens is 502 g/mol. The number of esters is 1. The number of amides is 2. The number of aromatic amines is 1. The quantitative estimate of drug-likeness (QED) is 0.402. The summed E-state index contributed by atoms with van der Waals surface area (Å²) >= 11 is 2.16. The fourth-order valence-corrected chi connectivity index (χ4v) is 6.10. The molecule has 0 aliphatic carbocycles. The van der Waals surface area contributed by atoms with Crippen molar-refractivity contribution < 1.29 is 19.1 Å². The van der Waals surface area contributed by atoms with E-state index in [1.807, 2.05) is 32.8 Å². The van der Waals surface area contributed by atoms with Crippen LogP contribution in [0.4, 0.5) is 5.00 Å². The van der Waals surface area contributed by atoms with E-state index in [0.29, 0.717) is 56.6 Å². The SMILES string of the molecule is CCOC(=O)c1c(NC(=O)c2sc3nc(CN(C)C)[nH]c(=O)c3c2C)sc(C(=O)N(CC)CC)c1C. The maximum Gasteiger partial charge on any atom is 0.341 e. The highest BCUT2D eigenvalue weighted by atomic mass is 32.1. The molecule has 3 heterocycles. The number of fused-ring (bicyclic) bond motifs is 1. The largest absolute Gasteiger partial charge is 0.462 e. The molecule has 3 rings (SSSR count). The number of hydrogen-bond donors (Lipinski definition) is 2. The number of aryl methyl sites for hydroxylation is 1. The molecule has 3 aromatic heterocycles. The van der Waals surface area contributed by atoms with Gasteiger partial charge in [0, 0.05) is 13.1 Å². The van der Waals surface area contributed by atoms with Gasteiger partial charge in [0.15, 0.2) is 0 Å². The minimum absolute atomic E-state index is 0.153. The van der Waals surface area contributed by atoms with Crippen LogP contribution in [-0.2, 0) is 11.3 Å². The zero-order chi connectivity index (χ0) is 26.7. The molecule has 2 amide bonds. The van der Waals surface area contributed by atoms with E-state index in [2.05, 4.69) is 15.3 Å². The van der Waals surface area contributed by atoms with Crippen molar-refractivity contribution in [2.75, 3.05) is 39.1 Å². The summed E-state index contributed by atoms with van der Waals surface area (Å²) in [5, 5.41) is 3.39. The number of hydrogen-bond acceptors (Lipinski definition) is 9. The summed E-state index contributed by atoms with van der Waals surface area (Å²) in [5.74, 6) is -0.808. The average molecular weight is 534 g/mol. The summed E-state index contributed by atoms with van der Waals surface area (Å²) in [6.07, 6.45) is 0. The molecule has 0 saturated heterocycles. The van der Waals surface area contributed by atoms with E-state index in [-0.39, 0.29) is 28.6 Å². The summed E-state index contributed by atoms with van der Waals surface area (Å²) in [5.41, 5.74) is 0.817. The Morgan fingerprint density at radius 2 is 1.69 bits per heavy atom. The van der Waals surface area contributed by atoms with Crippen LogP contribution in [0.3, 0.4) is 0 Å². The Morgan fingerprint density at radius 1 is 1.03 bits per heavy atom. The number of nitrogens with one attached hydrogen (secondary N) is 2. The Hall–Kier alpha value is -3.09. The third kappa shape index (κ3) is 5.35. The molecule has 0 bridgehead atoms. The predicted molar refractivity (Wildman–Crippen MR) is 143 cm³/mol. The summed E-state index contributed by atoms with van der Waals surface area (Å²) < 4.78 is 5.21. The van der Waals surface area contributed by atoms with Crippen LogP contribution in [0.5, 0.6) is 0 Å². The Balaban J connectivity index is 2.05. The van der Waals surface area contributed by atoms with Gasteiger partial charge in [-0.25, -0.2) is 9.78 Å². The first-order valence-corrected chi connectivity index (χ1v) is 13.2. The standard InChI is InChI=1S/C24H31N5O5S2/c1-8-29(9-2)23(32)18-13(5)16(24(33)34-10-3)22(36-18)27-20(31)17-12(4)15-19(30)25-14(11-28(6)7)26-21(15)35-17/h8-11H2,1-7H3,(H,27,31)(H,25,26,30). The van der Waals surface area contributed by atoms with Gasteiger partial charge in [0.25, 0.3) is 17.4 Å². The van der Waals surface area contributed by atoms with Crippen molar-refractivity contribution in [3.8, 4) is 0 Å². The van der Waals surface area contributed by atoms with Gasteiger partial charge in [-0.3, -0.25) is 14.4 Å². The summed E-state index contributed by atoms with van der Waals surface area (Å²) in [6, 6.07) is 0. The van der Waals surface area contributed by atoms with Gasteiger partial charge in [0.2, 0.25) is 0 Å². The maximum absolute atomic E-state index is 13.4. The lowest BCUT2D eigenvalue weighted by atomic mass is 10.1.